The third-order valence-corrected chi connectivity index (χ3v) is 1.64. The Morgan fingerprint density at radius 2 is 2.17 bits per heavy atom. The fourth-order valence-corrected chi connectivity index (χ4v) is 1.08. The quantitative estimate of drug-likeness (QED) is 0.744. The van der Waals surface area contributed by atoms with E-state index in [1.165, 1.54) is 0 Å². The third-order valence-electron chi connectivity index (χ3n) is 1.64. The minimum atomic E-state index is -0.460. The van der Waals surface area contributed by atoms with Crippen LogP contribution in [0.2, 0.25) is 0 Å². The van der Waals surface area contributed by atoms with Crippen LogP contribution in [-0.2, 0) is 6.54 Å². The van der Waals surface area contributed by atoms with E-state index in [9.17, 15) is 5.11 Å². The van der Waals surface area contributed by atoms with Gasteiger partial charge in [0.1, 0.15) is 0 Å². The maximum atomic E-state index is 9.20. The van der Waals surface area contributed by atoms with Gasteiger partial charge in [0.15, 0.2) is 0 Å². The predicted molar refractivity (Wildman–Crippen MR) is 47.7 cm³/mol. The van der Waals surface area contributed by atoms with Crippen LogP contribution in [0.25, 0.3) is 0 Å². The van der Waals surface area contributed by atoms with Crippen LogP contribution in [0.5, 0.6) is 0 Å². The second kappa shape index (κ2) is 3.72. The van der Waals surface area contributed by atoms with E-state index < -0.39 is 6.10 Å². The molecule has 0 aliphatic carbocycles. The van der Waals surface area contributed by atoms with Crippen molar-refractivity contribution >= 4 is 0 Å². The molecule has 0 aliphatic heterocycles. The van der Waals surface area contributed by atoms with Crippen molar-refractivity contribution in [2.45, 2.75) is 33.4 Å². The zero-order valence-electron chi connectivity index (χ0n) is 7.86. The Bertz CT molecular complexity index is 240. The van der Waals surface area contributed by atoms with Gasteiger partial charge in [-0.05, 0) is 18.9 Å². The van der Waals surface area contributed by atoms with Crippen molar-refractivity contribution in [1.82, 2.24) is 9.78 Å². The molecular formula is C9H16N2O. The molecule has 0 unspecified atom stereocenters. The summed E-state index contributed by atoms with van der Waals surface area (Å²) in [7, 11) is 0. The largest absolute Gasteiger partial charge is 0.387 e. The van der Waals surface area contributed by atoms with Crippen LogP contribution in [0.15, 0.2) is 12.3 Å². The van der Waals surface area contributed by atoms with Gasteiger partial charge in [-0.3, -0.25) is 4.68 Å². The van der Waals surface area contributed by atoms with Crippen molar-refractivity contribution in [3.8, 4) is 0 Å². The minimum absolute atomic E-state index is 0.460. The topological polar surface area (TPSA) is 38.0 Å². The third kappa shape index (κ3) is 2.34. The van der Waals surface area contributed by atoms with E-state index in [0.717, 1.165) is 12.2 Å². The highest BCUT2D eigenvalue weighted by Crippen LogP contribution is 2.08. The van der Waals surface area contributed by atoms with Crippen LogP contribution in [0.1, 0.15) is 32.6 Å². The Morgan fingerprint density at radius 3 is 2.58 bits per heavy atom. The Kier molecular flexibility index (Phi) is 2.87. The first kappa shape index (κ1) is 9.26. The first-order valence-corrected chi connectivity index (χ1v) is 4.31. The van der Waals surface area contributed by atoms with E-state index >= 15 is 0 Å². The first-order valence-electron chi connectivity index (χ1n) is 4.31. The van der Waals surface area contributed by atoms with Gasteiger partial charge >= 0.3 is 0 Å². The van der Waals surface area contributed by atoms with E-state index in [2.05, 4.69) is 18.9 Å². The maximum Gasteiger partial charge on any atom is 0.0950 e. The number of aliphatic hydroxyl groups excluding tert-OH is 1. The van der Waals surface area contributed by atoms with E-state index in [4.69, 9.17) is 0 Å². The summed E-state index contributed by atoms with van der Waals surface area (Å²) in [5, 5.41) is 13.4. The van der Waals surface area contributed by atoms with Gasteiger partial charge in [-0.2, -0.15) is 5.10 Å². The summed E-state index contributed by atoms with van der Waals surface area (Å²) in [6.07, 6.45) is 1.45. The SMILES string of the molecule is CC(C)Cn1ccc([C@H](C)O)n1. The standard InChI is InChI=1S/C9H16N2O/c1-7(2)6-11-5-4-9(10-11)8(3)12/h4-5,7-8,12H,6H2,1-3H3/t8-/m0/s1. The van der Waals surface area contributed by atoms with E-state index in [1.807, 2.05) is 16.9 Å². The Morgan fingerprint density at radius 1 is 1.50 bits per heavy atom. The summed E-state index contributed by atoms with van der Waals surface area (Å²) in [5.41, 5.74) is 0.746. The molecule has 0 amide bonds. The fourth-order valence-electron chi connectivity index (χ4n) is 1.08. The van der Waals surface area contributed by atoms with Crippen LogP contribution < -0.4 is 0 Å². The van der Waals surface area contributed by atoms with Gasteiger partial charge in [0.05, 0.1) is 11.8 Å². The zero-order chi connectivity index (χ0) is 9.14. The molecule has 12 heavy (non-hydrogen) atoms. The molecule has 3 nitrogen and oxygen atoms in total. The number of hydrogen-bond donors (Lipinski definition) is 1. The molecule has 0 radical (unpaired) electrons. The van der Waals surface area contributed by atoms with Gasteiger partial charge in [0, 0.05) is 12.7 Å². The normalized spacial score (nSPS) is 13.8. The van der Waals surface area contributed by atoms with E-state index in [-0.39, 0.29) is 0 Å². The molecule has 0 spiro atoms. The van der Waals surface area contributed by atoms with Crippen molar-refractivity contribution in [3.05, 3.63) is 18.0 Å². The number of aliphatic hydroxyl groups is 1. The van der Waals surface area contributed by atoms with E-state index in [1.54, 1.807) is 6.92 Å². The van der Waals surface area contributed by atoms with Crippen molar-refractivity contribution in [3.63, 3.8) is 0 Å². The monoisotopic (exact) mass is 168 g/mol. The van der Waals surface area contributed by atoms with Crippen molar-refractivity contribution in [2.75, 3.05) is 0 Å². The highest BCUT2D eigenvalue weighted by Gasteiger charge is 2.04. The van der Waals surface area contributed by atoms with Crippen LogP contribution in [0.4, 0.5) is 0 Å². The molecule has 68 valence electrons. The Hall–Kier alpha value is -0.830. The molecule has 1 rings (SSSR count). The van der Waals surface area contributed by atoms with E-state index in [0.29, 0.717) is 5.92 Å². The molecule has 3 heteroatoms. The average Bonchev–Trinajstić information content (AvgIpc) is 2.34. The lowest BCUT2D eigenvalue weighted by atomic mass is 10.2. The summed E-state index contributed by atoms with van der Waals surface area (Å²) in [6, 6.07) is 1.85. The number of aromatic nitrogens is 2. The molecule has 1 atom stereocenters. The van der Waals surface area contributed by atoms with Crippen molar-refractivity contribution < 1.29 is 5.11 Å². The molecule has 0 saturated carbocycles. The summed E-state index contributed by atoms with van der Waals surface area (Å²) in [6.45, 7) is 6.92. The van der Waals surface area contributed by atoms with Crippen LogP contribution >= 0.6 is 0 Å². The minimum Gasteiger partial charge on any atom is -0.387 e. The summed E-state index contributed by atoms with van der Waals surface area (Å²) < 4.78 is 1.87. The molecule has 0 fully saturated rings. The maximum absolute atomic E-state index is 9.20. The lowest BCUT2D eigenvalue weighted by Crippen LogP contribution is -2.05. The summed E-state index contributed by atoms with van der Waals surface area (Å²) >= 11 is 0. The van der Waals surface area contributed by atoms with Gasteiger partial charge in [0.25, 0.3) is 0 Å². The zero-order valence-corrected chi connectivity index (χ0v) is 7.86. The smallest absolute Gasteiger partial charge is 0.0950 e. The molecule has 0 aromatic carbocycles. The van der Waals surface area contributed by atoms with Gasteiger partial charge < -0.3 is 5.11 Å². The number of rotatable bonds is 3. The summed E-state index contributed by atoms with van der Waals surface area (Å²) in [5.74, 6) is 0.590. The van der Waals surface area contributed by atoms with Gasteiger partial charge in [0.2, 0.25) is 0 Å². The predicted octanol–water partition coefficient (Wildman–Crippen LogP) is 1.59. The molecule has 0 bridgehead atoms. The second-order valence-electron chi connectivity index (χ2n) is 3.53. The average molecular weight is 168 g/mol. The molecule has 0 aliphatic rings. The summed E-state index contributed by atoms with van der Waals surface area (Å²) in [4.78, 5) is 0. The second-order valence-corrected chi connectivity index (χ2v) is 3.53. The highest BCUT2D eigenvalue weighted by atomic mass is 16.3. The molecule has 1 heterocycles. The molecule has 1 aromatic heterocycles. The van der Waals surface area contributed by atoms with Gasteiger partial charge in [-0.15, -0.1) is 0 Å². The number of hydrogen-bond acceptors (Lipinski definition) is 2. The van der Waals surface area contributed by atoms with Crippen LogP contribution in [-0.4, -0.2) is 14.9 Å². The Labute approximate surface area is 73.0 Å². The molecule has 0 saturated heterocycles. The lowest BCUT2D eigenvalue weighted by molar-refractivity contribution is 0.193. The van der Waals surface area contributed by atoms with Crippen LogP contribution in [0.3, 0.4) is 0 Å². The van der Waals surface area contributed by atoms with Gasteiger partial charge in [-0.25, -0.2) is 0 Å². The Balaban J connectivity index is 2.64. The molecule has 1 N–H and O–H groups in total. The van der Waals surface area contributed by atoms with Gasteiger partial charge in [-0.1, -0.05) is 13.8 Å². The highest BCUT2D eigenvalue weighted by molar-refractivity contribution is 5.01. The fraction of sp³-hybridized carbons (Fsp3) is 0.667. The van der Waals surface area contributed by atoms with Crippen LogP contribution in [0, 0.1) is 5.92 Å². The molecular weight excluding hydrogens is 152 g/mol. The van der Waals surface area contributed by atoms with Crippen molar-refractivity contribution in [1.29, 1.82) is 0 Å². The lowest BCUT2D eigenvalue weighted by Gasteiger charge is -2.04. The number of nitrogens with zero attached hydrogens (tertiary/aromatic N) is 2. The van der Waals surface area contributed by atoms with Crippen molar-refractivity contribution in [2.24, 2.45) is 5.92 Å². The first-order chi connectivity index (χ1) is 5.59. The molecule has 1 aromatic rings.